The number of amides is 1. The molecule has 0 aliphatic rings. The van der Waals surface area contributed by atoms with Crippen LogP contribution in [0.3, 0.4) is 0 Å². The van der Waals surface area contributed by atoms with Crippen molar-refractivity contribution < 1.29 is 17.9 Å². The van der Waals surface area contributed by atoms with Crippen LogP contribution in [-0.4, -0.2) is 25.4 Å². The Bertz CT molecular complexity index is 1120. The Morgan fingerprint density at radius 1 is 1.17 bits per heavy atom. The Hall–Kier alpha value is -2.62. The summed E-state index contributed by atoms with van der Waals surface area (Å²) in [5.41, 5.74) is 2.18. The third-order valence-corrected chi connectivity index (χ3v) is 6.95. The number of aromatic nitrogens is 1. The van der Waals surface area contributed by atoms with E-state index >= 15 is 0 Å². The number of benzene rings is 2. The van der Waals surface area contributed by atoms with Crippen LogP contribution in [0.15, 0.2) is 52.9 Å². The number of hydrogen-bond acceptors (Lipinski definition) is 6. The summed E-state index contributed by atoms with van der Waals surface area (Å²) in [7, 11) is -3.75. The highest BCUT2D eigenvalue weighted by molar-refractivity contribution is 7.93. The Morgan fingerprint density at radius 2 is 1.80 bits per heavy atom. The molecule has 7 nitrogen and oxygen atoms in total. The number of aryl methyl sites for hydroxylation is 2. The summed E-state index contributed by atoms with van der Waals surface area (Å²) in [6.45, 7) is 5.36. The lowest BCUT2D eigenvalue weighted by Crippen LogP contribution is -2.30. The molecule has 2 N–H and O–H groups in total. The van der Waals surface area contributed by atoms with Gasteiger partial charge in [0.2, 0.25) is 0 Å². The number of ether oxygens (including phenoxy) is 1. The highest BCUT2D eigenvalue weighted by Crippen LogP contribution is 2.26. The van der Waals surface area contributed by atoms with Gasteiger partial charge < -0.3 is 10.1 Å². The lowest BCUT2D eigenvalue weighted by molar-refractivity contribution is -0.122. The van der Waals surface area contributed by atoms with Crippen molar-refractivity contribution in [2.24, 2.45) is 0 Å². The van der Waals surface area contributed by atoms with Gasteiger partial charge in [0.15, 0.2) is 11.2 Å². The van der Waals surface area contributed by atoms with Crippen LogP contribution in [0.5, 0.6) is 5.75 Å². The number of nitrogens with zero attached hydrogens (tertiary/aromatic N) is 1. The number of halogens is 1. The fourth-order valence-corrected chi connectivity index (χ4v) is 4.54. The molecule has 0 radical (unpaired) electrons. The molecule has 0 fully saturated rings. The third kappa shape index (κ3) is 5.29. The molecule has 1 amide bonds. The summed E-state index contributed by atoms with van der Waals surface area (Å²) >= 11 is 7.34. The molecule has 3 aromatic rings. The molecule has 3 rings (SSSR count). The zero-order valence-corrected chi connectivity index (χ0v) is 18.9. The number of rotatable bonds is 7. The summed E-state index contributed by atoms with van der Waals surface area (Å²) in [5.74, 6) is 0.184. The minimum Gasteiger partial charge on any atom is -0.481 e. The van der Waals surface area contributed by atoms with Crippen LogP contribution in [0.4, 0.5) is 10.8 Å². The van der Waals surface area contributed by atoms with Crippen LogP contribution in [0.25, 0.3) is 0 Å². The van der Waals surface area contributed by atoms with Gasteiger partial charge in [-0.15, -0.1) is 11.3 Å². The zero-order valence-electron chi connectivity index (χ0n) is 16.5. The maximum Gasteiger partial charge on any atom is 0.265 e. The van der Waals surface area contributed by atoms with Gasteiger partial charge in [-0.05, 0) is 68.3 Å². The Morgan fingerprint density at radius 3 is 2.37 bits per heavy atom. The molecule has 1 aromatic heterocycles. The van der Waals surface area contributed by atoms with E-state index in [4.69, 9.17) is 16.3 Å². The fraction of sp³-hybridized carbons (Fsp3) is 0.200. The predicted molar refractivity (Wildman–Crippen MR) is 119 cm³/mol. The van der Waals surface area contributed by atoms with Crippen LogP contribution in [0, 0.1) is 13.8 Å². The van der Waals surface area contributed by atoms with E-state index in [1.165, 1.54) is 41.8 Å². The fourth-order valence-electron chi connectivity index (χ4n) is 2.64. The van der Waals surface area contributed by atoms with Gasteiger partial charge in [0.25, 0.3) is 15.9 Å². The number of carbonyl (C=O) groups excluding carboxylic acids is 1. The van der Waals surface area contributed by atoms with Gasteiger partial charge in [-0.25, -0.2) is 13.4 Å². The molecule has 0 saturated carbocycles. The smallest absolute Gasteiger partial charge is 0.265 e. The highest BCUT2D eigenvalue weighted by atomic mass is 35.5. The number of anilines is 2. The molecule has 2 aromatic carbocycles. The third-order valence-electron chi connectivity index (χ3n) is 4.18. The molecule has 0 bridgehead atoms. The molecule has 0 aliphatic carbocycles. The zero-order chi connectivity index (χ0) is 21.9. The lowest BCUT2D eigenvalue weighted by Gasteiger charge is -2.16. The van der Waals surface area contributed by atoms with E-state index in [2.05, 4.69) is 15.0 Å². The van der Waals surface area contributed by atoms with Crippen molar-refractivity contribution in [1.29, 1.82) is 0 Å². The highest BCUT2D eigenvalue weighted by Gasteiger charge is 2.18. The van der Waals surface area contributed by atoms with E-state index in [0.717, 1.165) is 11.1 Å². The Balaban J connectivity index is 1.64. The van der Waals surface area contributed by atoms with Crippen molar-refractivity contribution in [3.8, 4) is 5.75 Å². The number of thiazole rings is 1. The van der Waals surface area contributed by atoms with E-state index in [9.17, 15) is 13.2 Å². The summed E-state index contributed by atoms with van der Waals surface area (Å²) in [4.78, 5) is 16.4. The summed E-state index contributed by atoms with van der Waals surface area (Å²) in [6.07, 6.45) is 0.747. The van der Waals surface area contributed by atoms with Crippen LogP contribution in [0.2, 0.25) is 5.02 Å². The molecule has 30 heavy (non-hydrogen) atoms. The molecule has 0 saturated heterocycles. The molecule has 1 unspecified atom stereocenters. The summed E-state index contributed by atoms with van der Waals surface area (Å²) in [6, 6.07) is 9.38. The van der Waals surface area contributed by atoms with Crippen molar-refractivity contribution in [3.05, 3.63) is 64.1 Å². The maximum absolute atomic E-state index is 12.4. The van der Waals surface area contributed by atoms with Crippen LogP contribution in [0.1, 0.15) is 18.1 Å². The summed E-state index contributed by atoms with van der Waals surface area (Å²) in [5, 5.41) is 5.33. The molecule has 0 spiro atoms. The van der Waals surface area contributed by atoms with E-state index < -0.39 is 16.1 Å². The first-order chi connectivity index (χ1) is 14.2. The topological polar surface area (TPSA) is 97.4 Å². The van der Waals surface area contributed by atoms with Gasteiger partial charge in [0.05, 0.1) is 4.90 Å². The van der Waals surface area contributed by atoms with E-state index in [0.29, 0.717) is 16.5 Å². The largest absolute Gasteiger partial charge is 0.481 e. The first-order valence-electron chi connectivity index (χ1n) is 8.92. The minimum atomic E-state index is -3.75. The molecular formula is C20H20ClN3O4S2. The SMILES string of the molecule is Cc1cc(OC(C)C(=O)Nc2ccc(S(=O)(=O)Nc3nccs3)cc2)cc(C)c1Cl. The van der Waals surface area contributed by atoms with Gasteiger partial charge in [0, 0.05) is 22.3 Å². The molecule has 1 atom stereocenters. The van der Waals surface area contributed by atoms with Crippen LogP contribution >= 0.6 is 22.9 Å². The molecule has 158 valence electrons. The molecular weight excluding hydrogens is 446 g/mol. The number of nitrogens with one attached hydrogen (secondary N) is 2. The Labute approximate surface area is 184 Å². The van der Waals surface area contributed by atoms with E-state index in [1.807, 2.05) is 13.8 Å². The number of hydrogen-bond donors (Lipinski definition) is 2. The minimum absolute atomic E-state index is 0.0621. The molecule has 1 heterocycles. The van der Waals surface area contributed by atoms with Crippen molar-refractivity contribution in [3.63, 3.8) is 0 Å². The number of carbonyl (C=O) groups is 1. The maximum atomic E-state index is 12.4. The second kappa shape index (κ2) is 9.03. The Kier molecular flexibility index (Phi) is 6.64. The van der Waals surface area contributed by atoms with Gasteiger partial charge in [-0.2, -0.15) is 0 Å². The van der Waals surface area contributed by atoms with Gasteiger partial charge in [0.1, 0.15) is 5.75 Å². The average Bonchev–Trinajstić information content (AvgIpc) is 3.18. The van der Waals surface area contributed by atoms with Crippen molar-refractivity contribution in [2.45, 2.75) is 31.8 Å². The van der Waals surface area contributed by atoms with Crippen molar-refractivity contribution in [2.75, 3.05) is 10.0 Å². The molecule has 10 heteroatoms. The first kappa shape index (κ1) is 22.1. The van der Waals surface area contributed by atoms with Crippen LogP contribution < -0.4 is 14.8 Å². The predicted octanol–water partition coefficient (Wildman–Crippen LogP) is 4.62. The number of sulfonamides is 1. The standard InChI is InChI=1S/C20H20ClN3O4S2/c1-12-10-16(11-13(2)18(12)21)28-14(3)19(25)23-15-4-6-17(7-5-15)30(26,27)24-20-22-8-9-29-20/h4-11,14H,1-3H3,(H,22,24)(H,23,25). The normalized spacial score (nSPS) is 12.3. The summed E-state index contributed by atoms with van der Waals surface area (Å²) < 4.78 is 32.8. The second-order valence-corrected chi connectivity index (χ2v) is 9.54. The van der Waals surface area contributed by atoms with Crippen molar-refractivity contribution in [1.82, 2.24) is 4.98 Å². The monoisotopic (exact) mass is 465 g/mol. The molecule has 0 aliphatic heterocycles. The lowest BCUT2D eigenvalue weighted by atomic mass is 10.1. The first-order valence-corrected chi connectivity index (χ1v) is 11.7. The van der Waals surface area contributed by atoms with E-state index in [-0.39, 0.29) is 15.9 Å². The van der Waals surface area contributed by atoms with Crippen LogP contribution in [-0.2, 0) is 14.8 Å². The quantitative estimate of drug-likeness (QED) is 0.530. The second-order valence-electron chi connectivity index (χ2n) is 6.59. The van der Waals surface area contributed by atoms with Gasteiger partial charge in [-0.3, -0.25) is 9.52 Å². The van der Waals surface area contributed by atoms with E-state index in [1.54, 1.807) is 24.4 Å². The van der Waals surface area contributed by atoms with Gasteiger partial charge >= 0.3 is 0 Å². The van der Waals surface area contributed by atoms with Crippen molar-refractivity contribution >= 4 is 49.7 Å². The average molecular weight is 466 g/mol. The van der Waals surface area contributed by atoms with Gasteiger partial charge in [-0.1, -0.05) is 11.6 Å².